The zero-order valence-electron chi connectivity index (χ0n) is 10.3. The van der Waals surface area contributed by atoms with E-state index in [0.29, 0.717) is 16.8 Å². The van der Waals surface area contributed by atoms with Crippen LogP contribution in [0, 0.1) is 0 Å². The number of ketones is 1. The first-order valence-electron chi connectivity index (χ1n) is 5.87. The third-order valence-electron chi connectivity index (χ3n) is 2.66. The molecule has 0 atom stereocenters. The molecule has 0 aliphatic carbocycles. The Morgan fingerprint density at radius 1 is 0.900 bits per heavy atom. The van der Waals surface area contributed by atoms with Crippen molar-refractivity contribution in [2.45, 2.75) is 4.84 Å². The smallest absolute Gasteiger partial charge is 0.257 e. The quantitative estimate of drug-likeness (QED) is 0.692. The van der Waals surface area contributed by atoms with E-state index in [4.69, 9.17) is 23.2 Å². The first-order valence-corrected chi connectivity index (χ1v) is 6.74. The van der Waals surface area contributed by atoms with Gasteiger partial charge in [-0.3, -0.25) is 9.59 Å². The van der Waals surface area contributed by atoms with Crippen molar-refractivity contribution in [1.82, 2.24) is 0 Å². The minimum atomic E-state index is -1.19. The van der Waals surface area contributed by atoms with Crippen molar-refractivity contribution in [2.24, 2.45) is 0 Å². The van der Waals surface area contributed by atoms with Gasteiger partial charge in [0.1, 0.15) is 0 Å². The summed E-state index contributed by atoms with van der Waals surface area (Å²) in [6.45, 7) is 0. The number of benzene rings is 2. The number of carbonyl (C=O) groups excluding carboxylic acids is 2. The fourth-order valence-corrected chi connectivity index (χ4v) is 1.83. The molecule has 0 aliphatic rings. The number of rotatable bonds is 4. The van der Waals surface area contributed by atoms with Crippen molar-refractivity contribution in [1.29, 1.82) is 0 Å². The molecule has 2 aromatic rings. The van der Waals surface area contributed by atoms with Crippen LogP contribution in [0.5, 0.6) is 0 Å². The summed E-state index contributed by atoms with van der Waals surface area (Å²) in [7, 11) is 0. The topological polar surface area (TPSA) is 46.2 Å². The highest BCUT2D eigenvalue weighted by Crippen LogP contribution is 2.20. The van der Waals surface area contributed by atoms with Gasteiger partial charge in [-0.2, -0.15) is 0 Å². The lowest BCUT2D eigenvalue weighted by molar-refractivity contribution is -0.114. The molecule has 1 amide bonds. The first kappa shape index (κ1) is 14.6. The van der Waals surface area contributed by atoms with Gasteiger partial charge < -0.3 is 5.32 Å². The van der Waals surface area contributed by atoms with Crippen LogP contribution in [0.3, 0.4) is 0 Å². The highest BCUT2D eigenvalue weighted by molar-refractivity contribution is 6.54. The Labute approximate surface area is 126 Å². The predicted molar refractivity (Wildman–Crippen MR) is 80.4 cm³/mol. The molecule has 0 unspecified atom stereocenters. The fraction of sp³-hybridized carbons (Fsp3) is 0.0667. The Hall–Kier alpha value is -1.84. The number of hydrogen-bond donors (Lipinski definition) is 1. The molecule has 0 aromatic heterocycles. The third kappa shape index (κ3) is 3.38. The van der Waals surface area contributed by atoms with Crippen LogP contribution in [0.1, 0.15) is 15.9 Å². The second-order valence-corrected chi connectivity index (χ2v) is 5.13. The van der Waals surface area contributed by atoms with Crippen LogP contribution in [0.25, 0.3) is 0 Å². The molecule has 0 aliphatic heterocycles. The van der Waals surface area contributed by atoms with Crippen molar-refractivity contribution in [2.75, 3.05) is 5.32 Å². The summed E-state index contributed by atoms with van der Waals surface area (Å²) >= 11 is 11.0. The molecule has 0 spiro atoms. The molecule has 0 saturated heterocycles. The Morgan fingerprint density at radius 2 is 1.50 bits per heavy atom. The molecular weight excluding hydrogens is 297 g/mol. The van der Waals surface area contributed by atoms with E-state index in [1.165, 1.54) is 0 Å². The molecule has 0 radical (unpaired) electrons. The standard InChI is InChI=1S/C15H11Cl2NO2/c16-14(17)15(20)18-12-9-5-4-8-11(12)13(19)10-6-2-1-3-7-10/h1-9,14H,(H,18,20). The lowest BCUT2D eigenvalue weighted by Gasteiger charge is -2.10. The van der Waals surface area contributed by atoms with E-state index < -0.39 is 10.7 Å². The molecule has 2 rings (SSSR count). The largest absolute Gasteiger partial charge is 0.323 e. The van der Waals surface area contributed by atoms with Crippen LogP contribution in [0.4, 0.5) is 5.69 Å². The number of amides is 1. The summed E-state index contributed by atoms with van der Waals surface area (Å²) < 4.78 is 0. The van der Waals surface area contributed by atoms with E-state index in [0.717, 1.165) is 0 Å². The minimum absolute atomic E-state index is 0.179. The number of para-hydroxylation sites is 1. The van der Waals surface area contributed by atoms with E-state index in [2.05, 4.69) is 5.32 Å². The van der Waals surface area contributed by atoms with Gasteiger partial charge in [0.15, 0.2) is 10.6 Å². The molecule has 0 heterocycles. The number of alkyl halides is 2. The van der Waals surface area contributed by atoms with Crippen LogP contribution in [0.2, 0.25) is 0 Å². The predicted octanol–water partition coefficient (Wildman–Crippen LogP) is 3.66. The molecule has 2 aromatic carbocycles. The summed E-state index contributed by atoms with van der Waals surface area (Å²) in [5.41, 5.74) is 1.32. The SMILES string of the molecule is O=C(c1ccccc1)c1ccccc1NC(=O)C(Cl)Cl. The summed E-state index contributed by atoms with van der Waals surface area (Å²) in [5.74, 6) is -0.746. The molecule has 1 N–H and O–H groups in total. The van der Waals surface area contributed by atoms with Crippen LogP contribution >= 0.6 is 23.2 Å². The van der Waals surface area contributed by atoms with Crippen LogP contribution < -0.4 is 5.32 Å². The Morgan fingerprint density at radius 3 is 2.15 bits per heavy atom. The van der Waals surface area contributed by atoms with Crippen molar-refractivity contribution in [3.8, 4) is 0 Å². The van der Waals surface area contributed by atoms with Gasteiger partial charge in [0.05, 0.1) is 5.69 Å². The van der Waals surface area contributed by atoms with Gasteiger partial charge in [0.2, 0.25) is 0 Å². The zero-order chi connectivity index (χ0) is 14.5. The summed E-state index contributed by atoms with van der Waals surface area (Å²) in [5, 5.41) is 2.54. The van der Waals surface area contributed by atoms with Crippen molar-refractivity contribution < 1.29 is 9.59 Å². The van der Waals surface area contributed by atoms with Gasteiger partial charge in [-0.25, -0.2) is 0 Å². The number of halogens is 2. The van der Waals surface area contributed by atoms with Crippen molar-refractivity contribution in [3.05, 3.63) is 65.7 Å². The van der Waals surface area contributed by atoms with Gasteiger partial charge in [-0.05, 0) is 12.1 Å². The third-order valence-corrected chi connectivity index (χ3v) is 3.06. The number of carbonyl (C=O) groups is 2. The average molecular weight is 308 g/mol. The average Bonchev–Trinajstić information content (AvgIpc) is 2.48. The second-order valence-electron chi connectivity index (χ2n) is 4.03. The van der Waals surface area contributed by atoms with Gasteiger partial charge >= 0.3 is 0 Å². The minimum Gasteiger partial charge on any atom is -0.323 e. The Balaban J connectivity index is 2.33. The highest BCUT2D eigenvalue weighted by atomic mass is 35.5. The first-order chi connectivity index (χ1) is 9.59. The molecule has 0 bridgehead atoms. The van der Waals surface area contributed by atoms with E-state index in [-0.39, 0.29) is 5.78 Å². The molecule has 102 valence electrons. The second kappa shape index (κ2) is 6.55. The van der Waals surface area contributed by atoms with E-state index in [1.807, 2.05) is 6.07 Å². The normalized spacial score (nSPS) is 10.3. The van der Waals surface area contributed by atoms with Crippen molar-refractivity contribution in [3.63, 3.8) is 0 Å². The fourth-order valence-electron chi connectivity index (χ4n) is 1.72. The maximum atomic E-state index is 12.4. The van der Waals surface area contributed by atoms with E-state index in [1.54, 1.807) is 48.5 Å². The van der Waals surface area contributed by atoms with Gasteiger partial charge in [-0.1, -0.05) is 65.7 Å². The van der Waals surface area contributed by atoms with E-state index >= 15 is 0 Å². The van der Waals surface area contributed by atoms with Crippen LogP contribution in [-0.2, 0) is 4.79 Å². The number of nitrogens with one attached hydrogen (secondary N) is 1. The Kier molecular flexibility index (Phi) is 4.77. The van der Waals surface area contributed by atoms with Crippen molar-refractivity contribution >= 4 is 40.6 Å². The lowest BCUT2D eigenvalue weighted by Crippen LogP contribution is -2.20. The molecular formula is C15H11Cl2NO2. The maximum absolute atomic E-state index is 12.4. The zero-order valence-corrected chi connectivity index (χ0v) is 11.9. The van der Waals surface area contributed by atoms with E-state index in [9.17, 15) is 9.59 Å². The lowest BCUT2D eigenvalue weighted by atomic mass is 10.0. The van der Waals surface area contributed by atoms with Crippen LogP contribution in [0.15, 0.2) is 54.6 Å². The summed E-state index contributed by atoms with van der Waals surface area (Å²) in [6.07, 6.45) is 0. The highest BCUT2D eigenvalue weighted by Gasteiger charge is 2.17. The van der Waals surface area contributed by atoms with Gasteiger partial charge in [0.25, 0.3) is 5.91 Å². The molecule has 20 heavy (non-hydrogen) atoms. The van der Waals surface area contributed by atoms with Gasteiger partial charge in [-0.15, -0.1) is 0 Å². The summed E-state index contributed by atoms with van der Waals surface area (Å²) in [6, 6.07) is 15.5. The monoisotopic (exact) mass is 307 g/mol. The molecule has 3 nitrogen and oxygen atoms in total. The molecule has 0 fully saturated rings. The Bertz CT molecular complexity index is 627. The summed E-state index contributed by atoms with van der Waals surface area (Å²) in [4.78, 5) is 22.8. The number of anilines is 1. The number of hydrogen-bond acceptors (Lipinski definition) is 2. The van der Waals surface area contributed by atoms with Crippen LogP contribution in [-0.4, -0.2) is 16.5 Å². The maximum Gasteiger partial charge on any atom is 0.257 e. The van der Waals surface area contributed by atoms with Gasteiger partial charge in [0, 0.05) is 11.1 Å². The molecule has 5 heteroatoms. The molecule has 0 saturated carbocycles.